The largest absolute Gasteiger partial charge is 0.392 e. The molecule has 0 aliphatic carbocycles. The highest BCUT2D eigenvalue weighted by Crippen LogP contribution is 2.34. The van der Waals surface area contributed by atoms with Gasteiger partial charge in [0.25, 0.3) is 0 Å². The summed E-state index contributed by atoms with van der Waals surface area (Å²) < 4.78 is 0. The summed E-state index contributed by atoms with van der Waals surface area (Å²) in [5.74, 6) is 0. The average Bonchev–Trinajstić information content (AvgIpc) is 2.54. The van der Waals surface area contributed by atoms with Crippen LogP contribution in [0.15, 0.2) is 18.2 Å². The first-order valence-corrected chi connectivity index (χ1v) is 8.94. The van der Waals surface area contributed by atoms with Gasteiger partial charge in [-0.05, 0) is 83.7 Å². The molecule has 5 heteroatoms. The Morgan fingerprint density at radius 3 is 2.04 bits per heavy atom. The van der Waals surface area contributed by atoms with E-state index in [0.29, 0.717) is 19.3 Å². The van der Waals surface area contributed by atoms with Gasteiger partial charge in [-0.1, -0.05) is 18.2 Å². The molecule has 2 N–H and O–H groups in total. The smallest absolute Gasteiger partial charge is 0.0901 e. The lowest BCUT2D eigenvalue weighted by Gasteiger charge is -2.32. The van der Waals surface area contributed by atoms with Crippen LogP contribution in [0.1, 0.15) is 42.4 Å². The van der Waals surface area contributed by atoms with Crippen molar-refractivity contribution in [1.82, 2.24) is 9.80 Å². The second-order valence-corrected chi connectivity index (χ2v) is 7.33. The minimum Gasteiger partial charge on any atom is -0.392 e. The molecule has 0 bridgehead atoms. The van der Waals surface area contributed by atoms with E-state index >= 15 is 0 Å². The molecule has 0 radical (unpaired) electrons. The van der Waals surface area contributed by atoms with Gasteiger partial charge >= 0.3 is 0 Å². The van der Waals surface area contributed by atoms with Crippen molar-refractivity contribution in [3.05, 3.63) is 34.9 Å². The van der Waals surface area contributed by atoms with E-state index in [2.05, 4.69) is 15.9 Å². The fraction of sp³-hybridized carbons (Fsp3) is 0.650. The van der Waals surface area contributed by atoms with Crippen molar-refractivity contribution in [2.75, 3.05) is 41.3 Å². The number of benzene rings is 1. The Kier molecular flexibility index (Phi) is 9.09. The molecule has 0 aliphatic heterocycles. The van der Waals surface area contributed by atoms with Crippen molar-refractivity contribution >= 4 is 0 Å². The third-order valence-electron chi connectivity index (χ3n) is 4.52. The number of hydrogen-bond acceptors (Lipinski definition) is 5. The van der Waals surface area contributed by atoms with Crippen LogP contribution in [0.4, 0.5) is 0 Å². The van der Waals surface area contributed by atoms with Crippen LogP contribution in [0.2, 0.25) is 0 Å². The molecule has 0 fully saturated rings. The Morgan fingerprint density at radius 2 is 1.60 bits per heavy atom. The maximum absolute atomic E-state index is 11.4. The predicted molar refractivity (Wildman–Crippen MR) is 101 cm³/mol. The van der Waals surface area contributed by atoms with Gasteiger partial charge in [-0.15, -0.1) is 0 Å². The van der Waals surface area contributed by atoms with Crippen LogP contribution in [0.3, 0.4) is 0 Å². The molecular weight excluding hydrogens is 314 g/mol. The van der Waals surface area contributed by atoms with Gasteiger partial charge in [-0.3, -0.25) is 0 Å². The van der Waals surface area contributed by atoms with E-state index in [-0.39, 0.29) is 6.61 Å². The van der Waals surface area contributed by atoms with E-state index in [1.54, 1.807) is 0 Å². The first-order chi connectivity index (χ1) is 11.8. The van der Waals surface area contributed by atoms with Gasteiger partial charge in [0, 0.05) is 0 Å². The average molecular weight is 348 g/mol. The van der Waals surface area contributed by atoms with E-state index in [1.165, 1.54) is 0 Å². The summed E-state index contributed by atoms with van der Waals surface area (Å²) >= 11 is 0. The highest BCUT2D eigenvalue weighted by Gasteiger charge is 2.30. The zero-order valence-electron chi connectivity index (χ0n) is 16.1. The van der Waals surface area contributed by atoms with Crippen LogP contribution in [0.25, 0.3) is 0 Å². The molecule has 5 nitrogen and oxygen atoms in total. The van der Waals surface area contributed by atoms with E-state index in [0.717, 1.165) is 42.6 Å². The van der Waals surface area contributed by atoms with Crippen molar-refractivity contribution in [3.8, 4) is 6.07 Å². The topological polar surface area (TPSA) is 70.7 Å². The summed E-state index contributed by atoms with van der Waals surface area (Å²) in [5.41, 5.74) is 1.45. The number of hydrogen-bond donors (Lipinski definition) is 2. The molecule has 1 aromatic rings. The van der Waals surface area contributed by atoms with Gasteiger partial charge in [0.2, 0.25) is 0 Å². The molecule has 0 aromatic heterocycles. The number of aliphatic hydroxyl groups is 2. The molecule has 0 amide bonds. The number of nitriles is 1. The van der Waals surface area contributed by atoms with Crippen molar-refractivity contribution in [2.45, 2.75) is 44.3 Å². The van der Waals surface area contributed by atoms with Gasteiger partial charge in [-0.2, -0.15) is 5.26 Å². The van der Waals surface area contributed by atoms with Crippen LogP contribution in [0, 0.1) is 11.3 Å². The van der Waals surface area contributed by atoms with Gasteiger partial charge in [0.05, 0.1) is 24.7 Å². The van der Waals surface area contributed by atoms with Crippen LogP contribution >= 0.6 is 0 Å². The van der Waals surface area contributed by atoms with Gasteiger partial charge in [0.1, 0.15) is 0 Å². The Labute approximate surface area is 152 Å². The van der Waals surface area contributed by atoms with E-state index in [4.69, 9.17) is 5.26 Å². The lowest BCUT2D eigenvalue weighted by molar-refractivity contribution is 0.00973. The fourth-order valence-corrected chi connectivity index (χ4v) is 3.20. The number of rotatable bonds is 11. The molecule has 25 heavy (non-hydrogen) atoms. The molecule has 0 atom stereocenters. The zero-order chi connectivity index (χ0) is 18.9. The van der Waals surface area contributed by atoms with Gasteiger partial charge in [0.15, 0.2) is 0 Å². The van der Waals surface area contributed by atoms with Crippen LogP contribution in [-0.4, -0.2) is 61.3 Å². The van der Waals surface area contributed by atoms with Gasteiger partial charge < -0.3 is 20.0 Å². The molecule has 0 unspecified atom stereocenters. The Hall–Kier alpha value is -1.45. The summed E-state index contributed by atoms with van der Waals surface area (Å²) in [6.45, 7) is 1.70. The Bertz CT molecular complexity index is 551. The predicted octanol–water partition coefficient (Wildman–Crippen LogP) is 2.12. The summed E-state index contributed by atoms with van der Waals surface area (Å²) in [6, 6.07) is 7.76. The van der Waals surface area contributed by atoms with E-state index in [9.17, 15) is 10.2 Å². The zero-order valence-corrected chi connectivity index (χ0v) is 16.1. The molecule has 1 rings (SSSR count). The molecule has 1 aromatic carbocycles. The fourth-order valence-electron chi connectivity index (χ4n) is 3.20. The van der Waals surface area contributed by atoms with Gasteiger partial charge in [-0.25, -0.2) is 0 Å². The van der Waals surface area contributed by atoms with Crippen molar-refractivity contribution in [3.63, 3.8) is 0 Å². The lowest BCUT2D eigenvalue weighted by Crippen LogP contribution is -2.30. The van der Waals surface area contributed by atoms with E-state index < -0.39 is 5.60 Å². The molecule has 0 saturated heterocycles. The van der Waals surface area contributed by atoms with Crippen molar-refractivity contribution in [2.24, 2.45) is 0 Å². The number of aliphatic hydroxyl groups excluding tert-OH is 1. The SMILES string of the molecule is CN(C)CCCC(O)(CCCN(C)C)c1ccc(CC#N)cc1CO. The van der Waals surface area contributed by atoms with Crippen LogP contribution in [0.5, 0.6) is 0 Å². The Morgan fingerprint density at radius 1 is 1.04 bits per heavy atom. The first kappa shape index (κ1) is 21.6. The van der Waals surface area contributed by atoms with Crippen LogP contribution < -0.4 is 0 Å². The molecule has 0 spiro atoms. The van der Waals surface area contributed by atoms with Crippen molar-refractivity contribution in [1.29, 1.82) is 5.26 Å². The third kappa shape index (κ3) is 7.13. The molecule has 0 heterocycles. The first-order valence-electron chi connectivity index (χ1n) is 8.94. The lowest BCUT2D eigenvalue weighted by atomic mass is 9.81. The molecule has 140 valence electrons. The minimum atomic E-state index is -0.949. The van der Waals surface area contributed by atoms with Crippen molar-refractivity contribution < 1.29 is 10.2 Å². The normalized spacial score (nSPS) is 12.0. The quantitative estimate of drug-likeness (QED) is 0.642. The monoisotopic (exact) mass is 347 g/mol. The summed E-state index contributed by atoms with van der Waals surface area (Å²) in [6.07, 6.45) is 3.39. The second kappa shape index (κ2) is 10.5. The maximum Gasteiger partial charge on any atom is 0.0901 e. The molecule has 0 aliphatic rings. The van der Waals surface area contributed by atoms with E-state index in [1.807, 2.05) is 46.4 Å². The third-order valence-corrected chi connectivity index (χ3v) is 4.52. The second-order valence-electron chi connectivity index (χ2n) is 7.33. The van der Waals surface area contributed by atoms with Crippen LogP contribution in [-0.2, 0) is 18.6 Å². The molecular formula is C20H33N3O2. The minimum absolute atomic E-state index is 0.127. The highest BCUT2D eigenvalue weighted by atomic mass is 16.3. The molecule has 0 saturated carbocycles. The standard InChI is InChI=1S/C20H33N3O2/c1-22(2)13-5-10-20(25,11-6-14-23(3)4)19-8-7-17(9-12-21)15-18(19)16-24/h7-8,15,24-25H,5-6,9-11,13-14,16H2,1-4H3. The number of nitrogens with zero attached hydrogens (tertiary/aromatic N) is 3. The summed E-state index contributed by atoms with van der Waals surface area (Å²) in [4.78, 5) is 4.23. The Balaban J connectivity index is 3.05. The summed E-state index contributed by atoms with van der Waals surface area (Å²) in [5, 5.41) is 30.1. The highest BCUT2D eigenvalue weighted by molar-refractivity contribution is 5.37. The summed E-state index contributed by atoms with van der Waals surface area (Å²) in [7, 11) is 8.11. The maximum atomic E-state index is 11.4.